The highest BCUT2D eigenvalue weighted by atomic mass is 16.6. The zero-order valence-corrected chi connectivity index (χ0v) is 9.49. The highest BCUT2D eigenvalue weighted by Gasteiger charge is 2.14. The van der Waals surface area contributed by atoms with E-state index < -0.39 is 0 Å². The minimum absolute atomic E-state index is 0.121. The number of aryl methyl sites for hydroxylation is 1. The standard InChI is InChI=1S/C13H12N2O2/c1-2-3-4-6-10-9-14-13-11(10)7-5-8-12(13)15(16)17/h5,7-9,14H,4,6H2,1H3. The summed E-state index contributed by atoms with van der Waals surface area (Å²) in [6.45, 7) is 1.81. The second kappa shape index (κ2) is 4.71. The van der Waals surface area contributed by atoms with Gasteiger partial charge in [0.15, 0.2) is 0 Å². The molecule has 1 heterocycles. The molecule has 0 aliphatic rings. The Kier molecular flexibility index (Phi) is 3.10. The van der Waals surface area contributed by atoms with Crippen molar-refractivity contribution in [2.45, 2.75) is 19.8 Å². The molecule has 0 aliphatic heterocycles. The molecule has 2 aromatic rings. The van der Waals surface area contributed by atoms with Crippen molar-refractivity contribution < 1.29 is 4.92 Å². The number of hydrogen-bond acceptors (Lipinski definition) is 2. The van der Waals surface area contributed by atoms with Gasteiger partial charge in [-0.2, -0.15) is 0 Å². The number of nitro benzene ring substituents is 1. The summed E-state index contributed by atoms with van der Waals surface area (Å²) in [6, 6.07) is 5.12. The van der Waals surface area contributed by atoms with Crippen LogP contribution in [-0.2, 0) is 6.42 Å². The van der Waals surface area contributed by atoms with Crippen LogP contribution in [0.1, 0.15) is 18.9 Å². The number of H-pyrrole nitrogens is 1. The van der Waals surface area contributed by atoms with Crippen LogP contribution in [0.3, 0.4) is 0 Å². The maximum Gasteiger partial charge on any atom is 0.293 e. The lowest BCUT2D eigenvalue weighted by molar-refractivity contribution is -0.383. The van der Waals surface area contributed by atoms with E-state index in [0.29, 0.717) is 5.52 Å². The van der Waals surface area contributed by atoms with Gasteiger partial charge in [0.25, 0.3) is 5.69 Å². The quantitative estimate of drug-likeness (QED) is 0.498. The van der Waals surface area contributed by atoms with E-state index >= 15 is 0 Å². The molecule has 0 spiro atoms. The van der Waals surface area contributed by atoms with Crippen LogP contribution in [-0.4, -0.2) is 9.91 Å². The van der Waals surface area contributed by atoms with Crippen LogP contribution in [0.5, 0.6) is 0 Å². The maximum absolute atomic E-state index is 10.8. The first-order chi connectivity index (χ1) is 8.24. The number of non-ortho nitro benzene ring substituents is 1. The van der Waals surface area contributed by atoms with Gasteiger partial charge in [0.05, 0.1) is 4.92 Å². The number of hydrogen-bond donors (Lipinski definition) is 1. The van der Waals surface area contributed by atoms with Gasteiger partial charge in [0, 0.05) is 24.1 Å². The molecule has 86 valence electrons. The number of rotatable bonds is 3. The third kappa shape index (κ3) is 2.13. The van der Waals surface area contributed by atoms with Crippen molar-refractivity contribution in [2.24, 2.45) is 0 Å². The normalized spacial score (nSPS) is 9.94. The van der Waals surface area contributed by atoms with Crippen molar-refractivity contribution in [1.82, 2.24) is 4.98 Å². The van der Waals surface area contributed by atoms with Crippen molar-refractivity contribution in [3.05, 3.63) is 40.1 Å². The summed E-state index contributed by atoms with van der Waals surface area (Å²) in [5.74, 6) is 5.83. The number of nitro groups is 1. The molecule has 0 saturated heterocycles. The average molecular weight is 228 g/mol. The van der Waals surface area contributed by atoms with Crippen LogP contribution < -0.4 is 0 Å². The fraction of sp³-hybridized carbons (Fsp3) is 0.231. The van der Waals surface area contributed by atoms with Crippen molar-refractivity contribution >= 4 is 16.6 Å². The van der Waals surface area contributed by atoms with Crippen molar-refractivity contribution in [1.29, 1.82) is 0 Å². The van der Waals surface area contributed by atoms with Crippen molar-refractivity contribution in [3.8, 4) is 11.8 Å². The van der Waals surface area contributed by atoms with Crippen LogP contribution in [0, 0.1) is 22.0 Å². The lowest BCUT2D eigenvalue weighted by Crippen LogP contribution is -1.88. The summed E-state index contributed by atoms with van der Waals surface area (Å²) in [5, 5.41) is 11.8. The predicted octanol–water partition coefficient (Wildman–Crippen LogP) is 3.03. The van der Waals surface area contributed by atoms with Gasteiger partial charge >= 0.3 is 0 Å². The molecule has 0 radical (unpaired) electrons. The fourth-order valence-corrected chi connectivity index (χ4v) is 1.88. The van der Waals surface area contributed by atoms with E-state index in [1.54, 1.807) is 13.0 Å². The molecule has 1 N–H and O–H groups in total. The number of fused-ring (bicyclic) bond motifs is 1. The molecule has 4 heteroatoms. The number of nitrogens with one attached hydrogen (secondary N) is 1. The largest absolute Gasteiger partial charge is 0.355 e. The van der Waals surface area contributed by atoms with Crippen molar-refractivity contribution in [3.63, 3.8) is 0 Å². The Hall–Kier alpha value is -2.28. The Morgan fingerprint density at radius 1 is 1.47 bits per heavy atom. The Morgan fingerprint density at radius 2 is 2.29 bits per heavy atom. The van der Waals surface area contributed by atoms with Gasteiger partial charge in [-0.05, 0) is 18.9 Å². The van der Waals surface area contributed by atoms with E-state index in [2.05, 4.69) is 16.8 Å². The highest BCUT2D eigenvalue weighted by Crippen LogP contribution is 2.27. The molecular formula is C13H12N2O2. The first-order valence-corrected chi connectivity index (χ1v) is 5.37. The minimum Gasteiger partial charge on any atom is -0.355 e. The second-order valence-electron chi connectivity index (χ2n) is 3.70. The molecule has 4 nitrogen and oxygen atoms in total. The van der Waals surface area contributed by atoms with Crippen LogP contribution in [0.25, 0.3) is 10.9 Å². The molecule has 1 aromatic heterocycles. The molecule has 0 saturated carbocycles. The summed E-state index contributed by atoms with van der Waals surface area (Å²) in [5.41, 5.74) is 1.79. The first-order valence-electron chi connectivity index (χ1n) is 5.37. The molecule has 0 fully saturated rings. The summed E-state index contributed by atoms with van der Waals surface area (Å²) in [4.78, 5) is 13.5. The molecule has 0 bridgehead atoms. The van der Waals surface area contributed by atoms with Crippen molar-refractivity contribution in [2.75, 3.05) is 0 Å². The third-order valence-corrected chi connectivity index (χ3v) is 2.67. The zero-order valence-electron chi connectivity index (χ0n) is 9.49. The number of aromatic nitrogens is 1. The molecule has 1 aromatic carbocycles. The minimum atomic E-state index is -0.367. The molecular weight excluding hydrogens is 216 g/mol. The Bertz CT molecular complexity index is 617. The highest BCUT2D eigenvalue weighted by molar-refractivity contribution is 5.90. The Morgan fingerprint density at radius 3 is 3.00 bits per heavy atom. The Balaban J connectivity index is 2.42. The van der Waals surface area contributed by atoms with Crippen LogP contribution in [0.15, 0.2) is 24.4 Å². The van der Waals surface area contributed by atoms with E-state index in [9.17, 15) is 10.1 Å². The topological polar surface area (TPSA) is 58.9 Å². The number of benzene rings is 1. The van der Waals surface area contributed by atoms with E-state index in [4.69, 9.17) is 0 Å². The summed E-state index contributed by atoms with van der Waals surface area (Å²) in [6.07, 6.45) is 3.41. The number of para-hydroxylation sites is 1. The monoisotopic (exact) mass is 228 g/mol. The van der Waals surface area contributed by atoms with Gasteiger partial charge in [-0.15, -0.1) is 11.8 Å². The van der Waals surface area contributed by atoms with E-state index in [1.807, 2.05) is 12.3 Å². The zero-order chi connectivity index (χ0) is 12.3. The lowest BCUT2D eigenvalue weighted by atomic mass is 10.1. The van der Waals surface area contributed by atoms with Gasteiger partial charge in [-0.25, -0.2) is 0 Å². The Labute approximate surface area is 98.8 Å². The molecule has 17 heavy (non-hydrogen) atoms. The van der Waals surface area contributed by atoms with E-state index in [0.717, 1.165) is 23.8 Å². The first kappa shape index (κ1) is 11.2. The number of aromatic amines is 1. The predicted molar refractivity (Wildman–Crippen MR) is 66.7 cm³/mol. The molecule has 0 aliphatic carbocycles. The summed E-state index contributed by atoms with van der Waals surface area (Å²) >= 11 is 0. The maximum atomic E-state index is 10.8. The van der Waals surface area contributed by atoms with Crippen LogP contribution >= 0.6 is 0 Å². The molecule has 2 rings (SSSR count). The second-order valence-corrected chi connectivity index (χ2v) is 3.70. The lowest BCUT2D eigenvalue weighted by Gasteiger charge is -1.96. The molecule has 0 atom stereocenters. The van der Waals surface area contributed by atoms with Gasteiger partial charge < -0.3 is 4.98 Å². The summed E-state index contributed by atoms with van der Waals surface area (Å²) < 4.78 is 0. The molecule has 0 unspecified atom stereocenters. The smallest absolute Gasteiger partial charge is 0.293 e. The van der Waals surface area contributed by atoms with Gasteiger partial charge in [0.2, 0.25) is 0 Å². The SMILES string of the molecule is CC#CCCc1c[nH]c2c([N+](=O)[O-])cccc12. The van der Waals surface area contributed by atoms with E-state index in [-0.39, 0.29) is 10.6 Å². The van der Waals surface area contributed by atoms with Crippen LogP contribution in [0.4, 0.5) is 5.69 Å². The van der Waals surface area contributed by atoms with Gasteiger partial charge in [-0.1, -0.05) is 12.1 Å². The van der Waals surface area contributed by atoms with Gasteiger partial charge in [0.1, 0.15) is 5.52 Å². The molecule has 0 amide bonds. The fourth-order valence-electron chi connectivity index (χ4n) is 1.88. The van der Waals surface area contributed by atoms with E-state index in [1.165, 1.54) is 6.07 Å². The van der Waals surface area contributed by atoms with Gasteiger partial charge in [-0.3, -0.25) is 10.1 Å². The number of nitrogens with zero attached hydrogens (tertiary/aromatic N) is 1. The third-order valence-electron chi connectivity index (χ3n) is 2.67. The summed E-state index contributed by atoms with van der Waals surface area (Å²) in [7, 11) is 0. The van der Waals surface area contributed by atoms with Crippen LogP contribution in [0.2, 0.25) is 0 Å². The average Bonchev–Trinajstić information content (AvgIpc) is 2.72.